The van der Waals surface area contributed by atoms with E-state index in [-0.39, 0.29) is 6.10 Å². The highest BCUT2D eigenvalue weighted by atomic mass is 16.3. The Morgan fingerprint density at radius 1 is 1.43 bits per heavy atom. The highest BCUT2D eigenvalue weighted by Crippen LogP contribution is 2.35. The van der Waals surface area contributed by atoms with Crippen LogP contribution in [0.4, 0.5) is 0 Å². The Labute approximate surface area is 81.0 Å². The summed E-state index contributed by atoms with van der Waals surface area (Å²) in [4.78, 5) is 11.7. The molecule has 1 aliphatic rings. The molecule has 2 heterocycles. The number of hydrogen-bond acceptors (Lipinski definition) is 3. The van der Waals surface area contributed by atoms with Crippen LogP contribution in [0.15, 0.2) is 18.5 Å². The highest BCUT2D eigenvalue weighted by molar-refractivity contribution is 5.73. The van der Waals surface area contributed by atoms with Crippen molar-refractivity contribution in [2.45, 2.75) is 24.9 Å². The van der Waals surface area contributed by atoms with E-state index in [1.54, 1.807) is 12.4 Å². The van der Waals surface area contributed by atoms with Crippen LogP contribution >= 0.6 is 0 Å². The van der Waals surface area contributed by atoms with Crippen LogP contribution in [0.1, 0.15) is 24.6 Å². The van der Waals surface area contributed by atoms with E-state index in [2.05, 4.69) is 15.0 Å². The number of aliphatic hydroxyl groups excluding tert-OH is 1. The molecule has 3 rings (SSSR count). The number of imidazole rings is 1. The summed E-state index contributed by atoms with van der Waals surface area (Å²) in [7, 11) is 0. The summed E-state index contributed by atoms with van der Waals surface area (Å²) in [6.45, 7) is 0. The lowest BCUT2D eigenvalue weighted by Gasteiger charge is -2.29. The maximum absolute atomic E-state index is 9.20. The second-order valence-corrected chi connectivity index (χ2v) is 3.84. The Morgan fingerprint density at radius 3 is 3.00 bits per heavy atom. The Bertz CT molecular complexity index is 426. The average molecular weight is 189 g/mol. The topological polar surface area (TPSA) is 61.8 Å². The first kappa shape index (κ1) is 7.94. The Morgan fingerprint density at radius 2 is 2.29 bits per heavy atom. The third-order valence-electron chi connectivity index (χ3n) is 2.80. The average Bonchev–Trinajstić information content (AvgIpc) is 2.55. The molecule has 14 heavy (non-hydrogen) atoms. The summed E-state index contributed by atoms with van der Waals surface area (Å²) in [5.41, 5.74) is 1.93. The minimum Gasteiger partial charge on any atom is -0.393 e. The Kier molecular flexibility index (Phi) is 1.58. The number of nitrogens with zero attached hydrogens (tertiary/aromatic N) is 2. The summed E-state index contributed by atoms with van der Waals surface area (Å²) in [5, 5.41) is 9.20. The number of aromatic nitrogens is 3. The lowest BCUT2D eigenvalue weighted by molar-refractivity contribution is 0.0720. The van der Waals surface area contributed by atoms with Gasteiger partial charge in [0.05, 0.1) is 23.3 Å². The molecule has 0 aromatic carbocycles. The molecule has 0 atom stereocenters. The summed E-state index contributed by atoms with van der Waals surface area (Å²) >= 11 is 0. The molecule has 0 spiro atoms. The lowest BCUT2D eigenvalue weighted by atomic mass is 9.82. The van der Waals surface area contributed by atoms with Gasteiger partial charge in [-0.05, 0) is 18.9 Å². The number of hydrogen-bond donors (Lipinski definition) is 2. The first-order valence-electron chi connectivity index (χ1n) is 4.80. The van der Waals surface area contributed by atoms with E-state index in [1.165, 1.54) is 0 Å². The molecular weight excluding hydrogens is 178 g/mol. The SMILES string of the molecule is OC1CC(c2nc3ccncc3[nH]2)C1. The van der Waals surface area contributed by atoms with Crippen LogP contribution in [0, 0.1) is 0 Å². The van der Waals surface area contributed by atoms with Crippen molar-refractivity contribution in [3.63, 3.8) is 0 Å². The molecule has 1 fully saturated rings. The van der Waals surface area contributed by atoms with Crippen LogP contribution in [-0.4, -0.2) is 26.2 Å². The van der Waals surface area contributed by atoms with Gasteiger partial charge < -0.3 is 10.1 Å². The fraction of sp³-hybridized carbons (Fsp3) is 0.400. The van der Waals surface area contributed by atoms with Gasteiger partial charge in [-0.25, -0.2) is 4.98 Å². The first-order chi connectivity index (χ1) is 6.83. The summed E-state index contributed by atoms with van der Waals surface area (Å²) in [6.07, 6.45) is 5.04. The van der Waals surface area contributed by atoms with Gasteiger partial charge in [0.1, 0.15) is 5.82 Å². The highest BCUT2D eigenvalue weighted by Gasteiger charge is 2.30. The minimum absolute atomic E-state index is 0.133. The molecule has 72 valence electrons. The number of aliphatic hydroxyl groups is 1. The molecular formula is C10H11N3O. The van der Waals surface area contributed by atoms with Gasteiger partial charge in [0.15, 0.2) is 0 Å². The van der Waals surface area contributed by atoms with E-state index in [0.29, 0.717) is 5.92 Å². The molecule has 0 unspecified atom stereocenters. The fourth-order valence-corrected chi connectivity index (χ4v) is 1.88. The Hall–Kier alpha value is -1.42. The standard InChI is InChI=1S/C10H11N3O/c14-7-3-6(4-7)10-12-8-1-2-11-5-9(8)13-10/h1-2,5-7,14H,3-4H2,(H,12,13). The van der Waals surface area contributed by atoms with Gasteiger partial charge in [-0.2, -0.15) is 0 Å². The van der Waals surface area contributed by atoms with Crippen molar-refractivity contribution < 1.29 is 5.11 Å². The van der Waals surface area contributed by atoms with E-state index in [0.717, 1.165) is 29.7 Å². The van der Waals surface area contributed by atoms with Gasteiger partial charge in [-0.3, -0.25) is 4.98 Å². The zero-order valence-electron chi connectivity index (χ0n) is 7.64. The van der Waals surface area contributed by atoms with Crippen LogP contribution in [0.2, 0.25) is 0 Å². The maximum Gasteiger partial charge on any atom is 0.110 e. The minimum atomic E-state index is -0.133. The number of aromatic amines is 1. The van der Waals surface area contributed by atoms with E-state index < -0.39 is 0 Å². The van der Waals surface area contributed by atoms with Crippen LogP contribution in [-0.2, 0) is 0 Å². The van der Waals surface area contributed by atoms with Gasteiger partial charge in [0.25, 0.3) is 0 Å². The fourth-order valence-electron chi connectivity index (χ4n) is 1.88. The number of rotatable bonds is 1. The van der Waals surface area contributed by atoms with E-state index in [4.69, 9.17) is 0 Å². The summed E-state index contributed by atoms with van der Waals surface area (Å²) < 4.78 is 0. The van der Waals surface area contributed by atoms with Crippen molar-refractivity contribution in [3.8, 4) is 0 Å². The molecule has 0 saturated heterocycles. The third kappa shape index (κ3) is 1.11. The smallest absolute Gasteiger partial charge is 0.110 e. The van der Waals surface area contributed by atoms with E-state index in [9.17, 15) is 5.11 Å². The molecule has 4 nitrogen and oxygen atoms in total. The van der Waals surface area contributed by atoms with Crippen molar-refractivity contribution in [1.82, 2.24) is 15.0 Å². The molecule has 0 aliphatic heterocycles. The van der Waals surface area contributed by atoms with Gasteiger partial charge in [-0.15, -0.1) is 0 Å². The lowest BCUT2D eigenvalue weighted by Crippen LogP contribution is -2.27. The normalized spacial score (nSPS) is 26.4. The third-order valence-corrected chi connectivity index (χ3v) is 2.80. The largest absolute Gasteiger partial charge is 0.393 e. The van der Waals surface area contributed by atoms with Crippen molar-refractivity contribution in [2.75, 3.05) is 0 Å². The molecule has 2 aromatic rings. The van der Waals surface area contributed by atoms with Gasteiger partial charge >= 0.3 is 0 Å². The summed E-state index contributed by atoms with van der Waals surface area (Å²) in [5.74, 6) is 1.38. The van der Waals surface area contributed by atoms with Crippen molar-refractivity contribution in [2.24, 2.45) is 0 Å². The maximum atomic E-state index is 9.20. The number of pyridine rings is 1. The van der Waals surface area contributed by atoms with Crippen LogP contribution in [0.5, 0.6) is 0 Å². The molecule has 2 aromatic heterocycles. The molecule has 0 bridgehead atoms. The Balaban J connectivity index is 1.99. The zero-order chi connectivity index (χ0) is 9.54. The van der Waals surface area contributed by atoms with E-state index in [1.807, 2.05) is 6.07 Å². The molecule has 2 N–H and O–H groups in total. The van der Waals surface area contributed by atoms with Crippen LogP contribution in [0.25, 0.3) is 11.0 Å². The second kappa shape index (κ2) is 2.78. The van der Waals surface area contributed by atoms with Crippen LogP contribution in [0.3, 0.4) is 0 Å². The predicted octanol–water partition coefficient (Wildman–Crippen LogP) is 1.20. The number of H-pyrrole nitrogens is 1. The quantitative estimate of drug-likeness (QED) is 0.708. The summed E-state index contributed by atoms with van der Waals surface area (Å²) in [6, 6.07) is 1.89. The molecule has 1 saturated carbocycles. The first-order valence-corrected chi connectivity index (χ1v) is 4.80. The molecule has 4 heteroatoms. The predicted molar refractivity (Wildman–Crippen MR) is 51.9 cm³/mol. The van der Waals surface area contributed by atoms with Crippen molar-refractivity contribution >= 4 is 11.0 Å². The van der Waals surface area contributed by atoms with Crippen LogP contribution < -0.4 is 0 Å². The van der Waals surface area contributed by atoms with E-state index >= 15 is 0 Å². The van der Waals surface area contributed by atoms with Crippen molar-refractivity contribution in [3.05, 3.63) is 24.3 Å². The van der Waals surface area contributed by atoms with Gasteiger partial charge in [0.2, 0.25) is 0 Å². The van der Waals surface area contributed by atoms with Crippen molar-refractivity contribution in [1.29, 1.82) is 0 Å². The monoisotopic (exact) mass is 189 g/mol. The molecule has 1 aliphatic carbocycles. The number of nitrogens with one attached hydrogen (secondary N) is 1. The molecule has 0 radical (unpaired) electrons. The second-order valence-electron chi connectivity index (χ2n) is 3.84. The molecule has 0 amide bonds. The number of fused-ring (bicyclic) bond motifs is 1. The van der Waals surface area contributed by atoms with Gasteiger partial charge in [-0.1, -0.05) is 0 Å². The zero-order valence-corrected chi connectivity index (χ0v) is 7.64. The van der Waals surface area contributed by atoms with Gasteiger partial charge in [0, 0.05) is 12.1 Å².